The standard InChI is InChI=1S/C16H21ClN2O5S/c1-3-11(2)24-15(20)10-14-16(21)18-8-9-19(14)25(22,23)13-6-4-12(17)5-7-13/h4-7,11,14H,3,8-10H2,1-2H3,(H,18,21). The maximum Gasteiger partial charge on any atom is 0.308 e. The van der Waals surface area contributed by atoms with Gasteiger partial charge in [0.05, 0.1) is 17.4 Å². The van der Waals surface area contributed by atoms with Gasteiger partial charge in [0.25, 0.3) is 0 Å². The minimum Gasteiger partial charge on any atom is -0.463 e. The number of benzene rings is 1. The van der Waals surface area contributed by atoms with E-state index in [-0.39, 0.29) is 30.5 Å². The third kappa shape index (κ3) is 4.71. The summed E-state index contributed by atoms with van der Waals surface area (Å²) in [5.74, 6) is -1.11. The van der Waals surface area contributed by atoms with Gasteiger partial charge >= 0.3 is 5.97 Å². The van der Waals surface area contributed by atoms with E-state index >= 15 is 0 Å². The molecule has 0 bridgehead atoms. The molecule has 1 aliphatic rings. The second kappa shape index (κ2) is 8.16. The van der Waals surface area contributed by atoms with Gasteiger partial charge < -0.3 is 10.1 Å². The SMILES string of the molecule is CCC(C)OC(=O)CC1C(=O)NCCN1S(=O)(=O)c1ccc(Cl)cc1. The number of nitrogens with zero attached hydrogens (tertiary/aromatic N) is 1. The largest absolute Gasteiger partial charge is 0.463 e. The predicted octanol–water partition coefficient (Wildman–Crippen LogP) is 1.56. The minimum atomic E-state index is -3.93. The van der Waals surface area contributed by atoms with Crippen molar-refractivity contribution in [2.45, 2.75) is 43.7 Å². The van der Waals surface area contributed by atoms with Gasteiger partial charge in [-0.05, 0) is 37.6 Å². The molecule has 1 saturated heterocycles. The van der Waals surface area contributed by atoms with Gasteiger partial charge in [0, 0.05) is 18.1 Å². The number of carbonyl (C=O) groups excluding carboxylic acids is 2. The Morgan fingerprint density at radius 1 is 1.40 bits per heavy atom. The highest BCUT2D eigenvalue weighted by Gasteiger charge is 2.40. The zero-order chi connectivity index (χ0) is 18.6. The Labute approximate surface area is 152 Å². The molecule has 0 radical (unpaired) electrons. The van der Waals surface area contributed by atoms with E-state index in [9.17, 15) is 18.0 Å². The summed E-state index contributed by atoms with van der Waals surface area (Å²) in [5, 5.41) is 3.00. The fourth-order valence-corrected chi connectivity index (χ4v) is 4.15. The Hall–Kier alpha value is -1.64. The van der Waals surface area contributed by atoms with E-state index in [4.69, 9.17) is 16.3 Å². The summed E-state index contributed by atoms with van der Waals surface area (Å²) in [7, 11) is -3.93. The van der Waals surface area contributed by atoms with Crippen LogP contribution < -0.4 is 5.32 Å². The van der Waals surface area contributed by atoms with Crippen LogP contribution in [0.2, 0.25) is 5.02 Å². The first-order chi connectivity index (χ1) is 11.8. The lowest BCUT2D eigenvalue weighted by Crippen LogP contribution is -2.57. The van der Waals surface area contributed by atoms with Gasteiger partial charge in [-0.15, -0.1) is 0 Å². The summed E-state index contributed by atoms with van der Waals surface area (Å²) in [6, 6.07) is 4.54. The average molecular weight is 389 g/mol. The van der Waals surface area contributed by atoms with Gasteiger partial charge in [0.1, 0.15) is 6.04 Å². The number of halogens is 1. The number of nitrogens with one attached hydrogen (secondary N) is 1. The molecule has 1 amide bonds. The van der Waals surface area contributed by atoms with Crippen molar-refractivity contribution in [3.63, 3.8) is 0 Å². The predicted molar refractivity (Wildman–Crippen MR) is 92.6 cm³/mol. The van der Waals surface area contributed by atoms with Crippen molar-refractivity contribution in [1.82, 2.24) is 9.62 Å². The zero-order valence-corrected chi connectivity index (χ0v) is 15.6. The van der Waals surface area contributed by atoms with Crippen molar-refractivity contribution in [3.05, 3.63) is 29.3 Å². The van der Waals surface area contributed by atoms with Crippen LogP contribution in [0.25, 0.3) is 0 Å². The second-order valence-electron chi connectivity index (χ2n) is 5.79. The van der Waals surface area contributed by atoms with Crippen LogP contribution in [0, 0.1) is 0 Å². The fraction of sp³-hybridized carbons (Fsp3) is 0.500. The smallest absolute Gasteiger partial charge is 0.308 e. The maximum absolute atomic E-state index is 12.9. The molecule has 25 heavy (non-hydrogen) atoms. The molecule has 1 N–H and O–H groups in total. The molecule has 9 heteroatoms. The second-order valence-corrected chi connectivity index (χ2v) is 8.12. The summed E-state index contributed by atoms with van der Waals surface area (Å²) >= 11 is 5.80. The lowest BCUT2D eigenvalue weighted by atomic mass is 10.1. The molecule has 1 fully saturated rings. The molecule has 2 atom stereocenters. The number of amides is 1. The van der Waals surface area contributed by atoms with Gasteiger partial charge in [0.15, 0.2) is 0 Å². The molecule has 1 aromatic carbocycles. The minimum absolute atomic E-state index is 0.0203. The van der Waals surface area contributed by atoms with Crippen LogP contribution >= 0.6 is 11.6 Å². The lowest BCUT2D eigenvalue weighted by molar-refractivity contribution is -0.151. The highest BCUT2D eigenvalue weighted by molar-refractivity contribution is 7.89. The number of ether oxygens (including phenoxy) is 1. The fourth-order valence-electron chi connectivity index (χ4n) is 2.43. The molecule has 1 aliphatic heterocycles. The number of esters is 1. The molecule has 0 saturated carbocycles. The van der Waals surface area contributed by atoms with Crippen LogP contribution in [0.1, 0.15) is 26.7 Å². The number of rotatable bonds is 6. The number of piperazine rings is 1. The van der Waals surface area contributed by atoms with Crippen LogP contribution in [-0.2, 0) is 24.3 Å². The summed E-state index contributed by atoms with van der Waals surface area (Å²) in [4.78, 5) is 24.2. The van der Waals surface area contributed by atoms with E-state index in [0.717, 1.165) is 4.31 Å². The molecular weight excluding hydrogens is 368 g/mol. The van der Waals surface area contributed by atoms with Gasteiger partial charge in [-0.3, -0.25) is 9.59 Å². The van der Waals surface area contributed by atoms with Crippen LogP contribution in [-0.4, -0.2) is 49.8 Å². The molecule has 138 valence electrons. The molecule has 0 aromatic heterocycles. The molecular formula is C16H21ClN2O5S. The van der Waals surface area contributed by atoms with Gasteiger partial charge in [0.2, 0.25) is 15.9 Å². The topological polar surface area (TPSA) is 92.8 Å². The van der Waals surface area contributed by atoms with Crippen molar-refractivity contribution in [1.29, 1.82) is 0 Å². The number of hydrogen-bond donors (Lipinski definition) is 1. The average Bonchev–Trinajstić information content (AvgIpc) is 2.56. The molecule has 1 aromatic rings. The first-order valence-corrected chi connectivity index (χ1v) is 9.82. The Balaban J connectivity index is 2.25. The third-order valence-corrected chi connectivity index (χ3v) is 6.14. The molecule has 0 spiro atoms. The number of sulfonamides is 1. The summed E-state index contributed by atoms with van der Waals surface area (Å²) in [6.07, 6.45) is 0.0127. The summed E-state index contributed by atoms with van der Waals surface area (Å²) in [6.45, 7) is 3.87. The molecule has 2 unspecified atom stereocenters. The molecule has 7 nitrogen and oxygen atoms in total. The Morgan fingerprint density at radius 2 is 2.04 bits per heavy atom. The first-order valence-electron chi connectivity index (χ1n) is 8.00. The van der Waals surface area contributed by atoms with Crippen molar-refractivity contribution in [2.75, 3.05) is 13.1 Å². The van der Waals surface area contributed by atoms with Crippen LogP contribution in [0.4, 0.5) is 0 Å². The van der Waals surface area contributed by atoms with Crippen LogP contribution in [0.3, 0.4) is 0 Å². The van der Waals surface area contributed by atoms with Crippen molar-refractivity contribution >= 4 is 33.5 Å². The summed E-state index contributed by atoms with van der Waals surface area (Å²) in [5.41, 5.74) is 0. The van der Waals surface area contributed by atoms with E-state index in [2.05, 4.69) is 5.32 Å². The van der Waals surface area contributed by atoms with E-state index in [1.54, 1.807) is 6.92 Å². The quantitative estimate of drug-likeness (QED) is 0.746. The maximum atomic E-state index is 12.9. The zero-order valence-electron chi connectivity index (χ0n) is 14.1. The molecule has 0 aliphatic carbocycles. The Morgan fingerprint density at radius 3 is 2.64 bits per heavy atom. The monoisotopic (exact) mass is 388 g/mol. The first kappa shape index (κ1) is 19.7. The highest BCUT2D eigenvalue weighted by Crippen LogP contribution is 2.23. The van der Waals surface area contributed by atoms with Gasteiger partial charge in [-0.1, -0.05) is 18.5 Å². The van der Waals surface area contributed by atoms with Crippen molar-refractivity contribution in [2.24, 2.45) is 0 Å². The van der Waals surface area contributed by atoms with Gasteiger partial charge in [-0.25, -0.2) is 8.42 Å². The Kier molecular flexibility index (Phi) is 6.42. The molecule has 1 heterocycles. The van der Waals surface area contributed by atoms with E-state index in [1.807, 2.05) is 6.92 Å². The van der Waals surface area contributed by atoms with Crippen LogP contribution in [0.15, 0.2) is 29.2 Å². The van der Waals surface area contributed by atoms with E-state index in [1.165, 1.54) is 24.3 Å². The highest BCUT2D eigenvalue weighted by atomic mass is 35.5. The van der Waals surface area contributed by atoms with E-state index < -0.39 is 27.9 Å². The third-order valence-electron chi connectivity index (χ3n) is 3.97. The van der Waals surface area contributed by atoms with Crippen molar-refractivity contribution in [3.8, 4) is 0 Å². The van der Waals surface area contributed by atoms with Crippen LogP contribution in [0.5, 0.6) is 0 Å². The normalized spacial score (nSPS) is 20.0. The Bertz CT molecular complexity index is 735. The van der Waals surface area contributed by atoms with Gasteiger partial charge in [-0.2, -0.15) is 4.31 Å². The number of hydrogen-bond acceptors (Lipinski definition) is 5. The lowest BCUT2D eigenvalue weighted by Gasteiger charge is -2.33. The molecule has 2 rings (SSSR count). The number of carbonyl (C=O) groups is 2. The van der Waals surface area contributed by atoms with Crippen molar-refractivity contribution < 1.29 is 22.7 Å². The van der Waals surface area contributed by atoms with E-state index in [0.29, 0.717) is 11.4 Å². The summed E-state index contributed by atoms with van der Waals surface area (Å²) < 4.78 is 32.0.